The van der Waals surface area contributed by atoms with Crippen molar-refractivity contribution in [3.05, 3.63) is 53.9 Å². The first kappa shape index (κ1) is 18.9. The van der Waals surface area contributed by atoms with Crippen molar-refractivity contribution in [2.75, 3.05) is 25.0 Å². The van der Waals surface area contributed by atoms with E-state index in [1.54, 1.807) is 24.3 Å². The number of hydrogen-bond acceptors (Lipinski definition) is 4. The molecule has 1 aliphatic heterocycles. The van der Waals surface area contributed by atoms with Crippen LogP contribution in [0.4, 0.5) is 5.69 Å². The fourth-order valence-corrected chi connectivity index (χ4v) is 3.18. The van der Waals surface area contributed by atoms with Crippen molar-refractivity contribution in [3.8, 4) is 5.75 Å². The van der Waals surface area contributed by atoms with Gasteiger partial charge in [0.15, 0.2) is 0 Å². The van der Waals surface area contributed by atoms with E-state index in [2.05, 4.69) is 10.3 Å². The number of hydrogen-bond donors (Lipinski definition) is 1. The van der Waals surface area contributed by atoms with Gasteiger partial charge in [0.1, 0.15) is 11.4 Å². The van der Waals surface area contributed by atoms with Crippen LogP contribution in [-0.4, -0.2) is 41.4 Å². The molecular formula is C21H25N3O3. The first-order chi connectivity index (χ1) is 13.2. The highest BCUT2D eigenvalue weighted by molar-refractivity contribution is 6.05. The van der Waals surface area contributed by atoms with E-state index in [-0.39, 0.29) is 17.5 Å². The van der Waals surface area contributed by atoms with Crippen molar-refractivity contribution in [3.63, 3.8) is 0 Å². The summed E-state index contributed by atoms with van der Waals surface area (Å²) in [7, 11) is 0. The van der Waals surface area contributed by atoms with Crippen LogP contribution in [0.2, 0.25) is 0 Å². The third-order valence-corrected chi connectivity index (χ3v) is 4.57. The number of nitrogens with one attached hydrogen (secondary N) is 1. The molecule has 142 valence electrons. The molecule has 0 atom stereocenters. The van der Waals surface area contributed by atoms with E-state index in [0.717, 1.165) is 38.8 Å². The van der Waals surface area contributed by atoms with Crippen LogP contribution in [0, 0.1) is 0 Å². The SMILES string of the molecule is CCOc1ccccc1NC(=O)c1cc(C(=O)N2CCCCCC2)ccn1. The zero-order chi connectivity index (χ0) is 19.1. The molecule has 1 aromatic heterocycles. The van der Waals surface area contributed by atoms with Gasteiger partial charge in [0.05, 0.1) is 12.3 Å². The molecule has 27 heavy (non-hydrogen) atoms. The molecule has 6 nitrogen and oxygen atoms in total. The molecule has 0 aliphatic carbocycles. The maximum absolute atomic E-state index is 12.8. The van der Waals surface area contributed by atoms with Gasteiger partial charge in [0.2, 0.25) is 0 Å². The molecule has 6 heteroatoms. The molecule has 1 N–H and O–H groups in total. The lowest BCUT2D eigenvalue weighted by molar-refractivity contribution is 0.0761. The van der Waals surface area contributed by atoms with Gasteiger partial charge in [-0.05, 0) is 44.0 Å². The highest BCUT2D eigenvalue weighted by atomic mass is 16.5. The lowest BCUT2D eigenvalue weighted by atomic mass is 10.2. The number of para-hydroxylation sites is 2. The van der Waals surface area contributed by atoms with Crippen LogP contribution in [0.15, 0.2) is 42.6 Å². The van der Waals surface area contributed by atoms with Gasteiger partial charge in [-0.3, -0.25) is 14.6 Å². The predicted octanol–water partition coefficient (Wildman–Crippen LogP) is 3.75. The molecule has 1 aromatic carbocycles. The van der Waals surface area contributed by atoms with Gasteiger partial charge in [-0.2, -0.15) is 0 Å². The molecule has 0 saturated carbocycles. The highest BCUT2D eigenvalue weighted by Crippen LogP contribution is 2.24. The molecule has 2 heterocycles. The van der Waals surface area contributed by atoms with Gasteiger partial charge in [-0.25, -0.2) is 0 Å². The third kappa shape index (κ3) is 4.84. The summed E-state index contributed by atoms with van der Waals surface area (Å²) in [5.41, 5.74) is 1.28. The van der Waals surface area contributed by atoms with Crippen molar-refractivity contribution in [1.29, 1.82) is 0 Å². The summed E-state index contributed by atoms with van der Waals surface area (Å²) in [4.78, 5) is 31.4. The van der Waals surface area contributed by atoms with E-state index in [9.17, 15) is 9.59 Å². The topological polar surface area (TPSA) is 71.5 Å². The predicted molar refractivity (Wildman–Crippen MR) is 104 cm³/mol. The number of carbonyl (C=O) groups excluding carboxylic acids is 2. The first-order valence-corrected chi connectivity index (χ1v) is 9.47. The number of pyridine rings is 1. The van der Waals surface area contributed by atoms with Crippen molar-refractivity contribution in [2.24, 2.45) is 0 Å². The second-order valence-electron chi connectivity index (χ2n) is 6.52. The lowest BCUT2D eigenvalue weighted by Crippen LogP contribution is -2.32. The molecule has 1 aliphatic rings. The average Bonchev–Trinajstić information content (AvgIpc) is 2.99. The number of benzene rings is 1. The monoisotopic (exact) mass is 367 g/mol. The van der Waals surface area contributed by atoms with Crippen LogP contribution in [0.25, 0.3) is 0 Å². The van der Waals surface area contributed by atoms with E-state index in [4.69, 9.17) is 4.74 Å². The van der Waals surface area contributed by atoms with E-state index >= 15 is 0 Å². The summed E-state index contributed by atoms with van der Waals surface area (Å²) in [5.74, 6) is 0.195. The van der Waals surface area contributed by atoms with Crippen LogP contribution >= 0.6 is 0 Å². The van der Waals surface area contributed by atoms with Gasteiger partial charge in [-0.1, -0.05) is 25.0 Å². The van der Waals surface area contributed by atoms with Crippen molar-refractivity contribution in [1.82, 2.24) is 9.88 Å². The maximum Gasteiger partial charge on any atom is 0.274 e. The molecule has 1 fully saturated rings. The van der Waals surface area contributed by atoms with E-state index < -0.39 is 0 Å². The maximum atomic E-state index is 12.8. The van der Waals surface area contributed by atoms with E-state index in [1.165, 1.54) is 6.20 Å². The molecular weight excluding hydrogens is 342 g/mol. The standard InChI is InChI=1S/C21H25N3O3/c1-2-27-19-10-6-5-9-17(19)23-20(25)18-15-16(11-12-22-18)21(26)24-13-7-3-4-8-14-24/h5-6,9-12,15H,2-4,7-8,13-14H2,1H3,(H,23,25). The number of ether oxygens (including phenoxy) is 1. The Kier molecular flexibility index (Phi) is 6.41. The molecule has 0 bridgehead atoms. The number of nitrogens with zero attached hydrogens (tertiary/aromatic N) is 2. The Morgan fingerprint density at radius 2 is 1.85 bits per heavy atom. The zero-order valence-electron chi connectivity index (χ0n) is 15.6. The fourth-order valence-electron chi connectivity index (χ4n) is 3.18. The molecule has 2 aromatic rings. The Bertz CT molecular complexity index is 799. The second-order valence-corrected chi connectivity index (χ2v) is 6.52. The Hall–Kier alpha value is -2.89. The van der Waals surface area contributed by atoms with E-state index in [0.29, 0.717) is 23.6 Å². The minimum absolute atomic E-state index is 0.0388. The van der Waals surface area contributed by atoms with Crippen LogP contribution in [0.1, 0.15) is 53.5 Å². The highest BCUT2D eigenvalue weighted by Gasteiger charge is 2.19. The van der Waals surface area contributed by atoms with E-state index in [1.807, 2.05) is 24.0 Å². The van der Waals surface area contributed by atoms with Gasteiger partial charge >= 0.3 is 0 Å². The second kappa shape index (κ2) is 9.16. The summed E-state index contributed by atoms with van der Waals surface area (Å²) < 4.78 is 5.53. The summed E-state index contributed by atoms with van der Waals surface area (Å²) in [6, 6.07) is 10.5. The third-order valence-electron chi connectivity index (χ3n) is 4.57. The molecule has 3 rings (SSSR count). The molecule has 1 saturated heterocycles. The molecule has 0 radical (unpaired) electrons. The largest absolute Gasteiger partial charge is 0.492 e. The van der Waals surface area contributed by atoms with Gasteiger partial charge in [-0.15, -0.1) is 0 Å². The number of amides is 2. The van der Waals surface area contributed by atoms with Gasteiger partial charge in [0.25, 0.3) is 11.8 Å². The van der Waals surface area contributed by atoms with Crippen LogP contribution in [0.5, 0.6) is 5.75 Å². The van der Waals surface area contributed by atoms with Crippen molar-refractivity contribution in [2.45, 2.75) is 32.6 Å². The number of likely N-dealkylation sites (tertiary alicyclic amines) is 1. The Morgan fingerprint density at radius 3 is 2.59 bits per heavy atom. The van der Waals surface area contributed by atoms with Gasteiger partial charge in [0, 0.05) is 24.8 Å². The van der Waals surface area contributed by atoms with Crippen LogP contribution in [-0.2, 0) is 0 Å². The summed E-state index contributed by atoms with van der Waals surface area (Å²) in [6.07, 6.45) is 5.88. The summed E-state index contributed by atoms with van der Waals surface area (Å²) >= 11 is 0. The average molecular weight is 367 g/mol. The van der Waals surface area contributed by atoms with Crippen LogP contribution < -0.4 is 10.1 Å². The Balaban J connectivity index is 1.75. The molecule has 0 unspecified atom stereocenters. The molecule has 0 spiro atoms. The summed E-state index contributed by atoms with van der Waals surface area (Å²) in [5, 5.41) is 2.82. The quantitative estimate of drug-likeness (QED) is 0.874. The zero-order valence-corrected chi connectivity index (χ0v) is 15.6. The normalized spacial score (nSPS) is 14.3. The van der Waals surface area contributed by atoms with Gasteiger partial charge < -0.3 is 15.0 Å². The smallest absolute Gasteiger partial charge is 0.274 e. The fraction of sp³-hybridized carbons (Fsp3) is 0.381. The lowest BCUT2D eigenvalue weighted by Gasteiger charge is -2.20. The first-order valence-electron chi connectivity index (χ1n) is 9.47. The van der Waals surface area contributed by atoms with Crippen molar-refractivity contribution < 1.29 is 14.3 Å². The molecule has 2 amide bonds. The number of carbonyl (C=O) groups is 2. The number of rotatable bonds is 5. The Morgan fingerprint density at radius 1 is 1.11 bits per heavy atom. The summed E-state index contributed by atoms with van der Waals surface area (Å²) in [6.45, 7) is 3.93. The number of aromatic nitrogens is 1. The number of anilines is 1. The Labute approximate surface area is 159 Å². The minimum Gasteiger partial charge on any atom is -0.492 e. The van der Waals surface area contributed by atoms with Crippen molar-refractivity contribution >= 4 is 17.5 Å². The minimum atomic E-state index is -0.368. The van der Waals surface area contributed by atoms with Crippen LogP contribution in [0.3, 0.4) is 0 Å².